The van der Waals surface area contributed by atoms with E-state index in [1.807, 2.05) is 24.3 Å². The highest BCUT2D eigenvalue weighted by molar-refractivity contribution is 6.74. The topological polar surface area (TPSA) is 90.9 Å². The van der Waals surface area contributed by atoms with Crippen molar-refractivity contribution in [3.8, 4) is 0 Å². The highest BCUT2D eigenvalue weighted by Crippen LogP contribution is 2.56. The number of hydrogen-bond donors (Lipinski definition) is 0. The number of benzene rings is 1. The molecule has 1 aromatic rings. The maximum atomic E-state index is 13.4. The molecule has 1 spiro atoms. The van der Waals surface area contributed by atoms with Crippen LogP contribution in [-0.2, 0) is 37.6 Å². The van der Waals surface area contributed by atoms with Crippen molar-refractivity contribution in [3.63, 3.8) is 0 Å². The Morgan fingerprint density at radius 1 is 1.11 bits per heavy atom. The summed E-state index contributed by atoms with van der Waals surface area (Å²) in [5, 5.41) is 0.0843. The Kier molecular flexibility index (Phi) is 13.4. The first kappa shape index (κ1) is 37.8. The Hall–Kier alpha value is -1.63. The van der Waals surface area contributed by atoms with Gasteiger partial charge in [-0.2, -0.15) is 0 Å². The molecule has 7 atom stereocenters. The Morgan fingerprint density at radius 2 is 1.80 bits per heavy atom. The lowest BCUT2D eigenvalue weighted by Gasteiger charge is -2.51. The van der Waals surface area contributed by atoms with Crippen molar-refractivity contribution in [1.82, 2.24) is 0 Å². The molecule has 10 heteroatoms. The van der Waals surface area contributed by atoms with E-state index in [0.717, 1.165) is 0 Å². The number of hydrogen-bond acceptors (Lipinski definition) is 9. The lowest BCUT2D eigenvalue weighted by Crippen LogP contribution is -2.59. The molecule has 2 saturated heterocycles. The summed E-state index contributed by atoms with van der Waals surface area (Å²) < 4.78 is 50.1. The van der Waals surface area contributed by atoms with Crippen molar-refractivity contribution in [3.05, 3.63) is 48.6 Å². The SMILES string of the molecule is C=CC[C@H](OC)[C@H]1O[C@]2(C[C@@H](OC(=O)c3ccccc3)[C@H](C)[C@H](CCO[Si](C)(C)C(C)(C)C)O2)C(C)(C)[C@H]1OCOCCOC. The van der Waals surface area contributed by atoms with Gasteiger partial charge in [0.2, 0.25) is 0 Å². The summed E-state index contributed by atoms with van der Waals surface area (Å²) >= 11 is 0. The summed E-state index contributed by atoms with van der Waals surface area (Å²) in [6, 6.07) is 9.09. The molecule has 0 aromatic heterocycles. The van der Waals surface area contributed by atoms with E-state index in [9.17, 15) is 4.79 Å². The van der Waals surface area contributed by atoms with Gasteiger partial charge in [0, 0.05) is 38.6 Å². The van der Waals surface area contributed by atoms with E-state index < -0.39 is 37.8 Å². The zero-order valence-corrected chi connectivity index (χ0v) is 30.3. The monoisotopic (exact) mass is 650 g/mol. The summed E-state index contributed by atoms with van der Waals surface area (Å²) in [6.45, 7) is 22.9. The Bertz CT molecular complexity index is 1070. The molecule has 0 saturated carbocycles. The summed E-state index contributed by atoms with van der Waals surface area (Å²) in [5.74, 6) is -1.61. The average Bonchev–Trinajstić information content (AvgIpc) is 3.18. The first-order chi connectivity index (χ1) is 21.1. The largest absolute Gasteiger partial charge is 0.458 e. The van der Waals surface area contributed by atoms with Gasteiger partial charge in [-0.15, -0.1) is 6.58 Å². The zero-order chi connectivity index (χ0) is 33.5. The zero-order valence-electron chi connectivity index (χ0n) is 29.3. The first-order valence-corrected chi connectivity index (χ1v) is 19.1. The number of ether oxygens (including phenoxy) is 7. The van der Waals surface area contributed by atoms with Crippen molar-refractivity contribution >= 4 is 14.3 Å². The minimum absolute atomic E-state index is 0.0600. The number of rotatable bonds is 16. The van der Waals surface area contributed by atoms with Crippen LogP contribution in [0, 0.1) is 11.3 Å². The van der Waals surface area contributed by atoms with E-state index in [1.54, 1.807) is 26.4 Å². The molecule has 0 amide bonds. The fraction of sp³-hybridized carbons (Fsp3) is 0.743. The molecule has 2 aliphatic heterocycles. The van der Waals surface area contributed by atoms with Gasteiger partial charge in [0.1, 0.15) is 19.0 Å². The smallest absolute Gasteiger partial charge is 0.338 e. The van der Waals surface area contributed by atoms with Crippen LogP contribution in [0.5, 0.6) is 0 Å². The van der Waals surface area contributed by atoms with Crippen LogP contribution < -0.4 is 0 Å². The van der Waals surface area contributed by atoms with E-state index in [0.29, 0.717) is 44.6 Å². The Morgan fingerprint density at radius 3 is 2.40 bits per heavy atom. The minimum Gasteiger partial charge on any atom is -0.458 e. The molecule has 0 unspecified atom stereocenters. The van der Waals surface area contributed by atoms with Crippen LogP contribution in [0.15, 0.2) is 43.0 Å². The normalized spacial score (nSPS) is 29.1. The molecule has 2 fully saturated rings. The van der Waals surface area contributed by atoms with Crippen molar-refractivity contribution in [2.75, 3.05) is 40.8 Å². The van der Waals surface area contributed by atoms with Crippen molar-refractivity contribution in [2.45, 2.75) is 115 Å². The number of methoxy groups -OCH3 is 2. The molecule has 256 valence electrons. The molecule has 0 bridgehead atoms. The Labute approximate surface area is 272 Å². The van der Waals surface area contributed by atoms with Crippen molar-refractivity contribution in [2.24, 2.45) is 11.3 Å². The number of carbonyl (C=O) groups excluding carboxylic acids is 1. The van der Waals surface area contributed by atoms with Crippen molar-refractivity contribution in [1.29, 1.82) is 0 Å². The van der Waals surface area contributed by atoms with Gasteiger partial charge in [-0.05, 0) is 43.1 Å². The van der Waals surface area contributed by atoms with Gasteiger partial charge >= 0.3 is 5.97 Å². The van der Waals surface area contributed by atoms with E-state index in [1.165, 1.54) is 0 Å². The maximum absolute atomic E-state index is 13.4. The summed E-state index contributed by atoms with van der Waals surface area (Å²) in [6.07, 6.45) is 1.30. The third-order valence-corrected chi connectivity index (χ3v) is 14.6. The van der Waals surface area contributed by atoms with Crippen LogP contribution in [-0.4, -0.2) is 91.4 Å². The maximum Gasteiger partial charge on any atom is 0.338 e. The predicted octanol–water partition coefficient (Wildman–Crippen LogP) is 6.77. The fourth-order valence-corrected chi connectivity index (χ4v) is 7.03. The molecule has 45 heavy (non-hydrogen) atoms. The lowest BCUT2D eigenvalue weighted by atomic mass is 9.72. The standard InChI is InChI=1S/C35H58O9Si/c1-12-16-28(38-9)30-31(40-24-39-22-21-37-8)34(6,7)35(44-30)23-29(42-32(36)26-17-14-13-15-18-26)25(2)27(43-35)19-20-41-45(10,11)33(3,4)5/h12-15,17-18,25,27-31H,1,16,19-24H2,2-11H3/t25-,27+,28+,29-,30-,31+,35-/m1/s1. The molecule has 9 nitrogen and oxygen atoms in total. The second-order valence-corrected chi connectivity index (χ2v) is 19.2. The van der Waals surface area contributed by atoms with Gasteiger partial charge < -0.3 is 37.6 Å². The minimum atomic E-state index is -1.98. The van der Waals surface area contributed by atoms with Crippen LogP contribution in [0.2, 0.25) is 18.1 Å². The molecule has 3 rings (SSSR count). The number of esters is 1. The Balaban J connectivity index is 1.96. The van der Waals surface area contributed by atoms with E-state index in [2.05, 4.69) is 61.2 Å². The van der Waals surface area contributed by atoms with Crippen LogP contribution >= 0.6 is 0 Å². The summed E-state index contributed by atoms with van der Waals surface area (Å²) in [4.78, 5) is 13.4. The molecule has 0 radical (unpaired) electrons. The van der Waals surface area contributed by atoms with Gasteiger partial charge in [-0.1, -0.05) is 65.8 Å². The van der Waals surface area contributed by atoms with Gasteiger partial charge in [0.15, 0.2) is 14.1 Å². The lowest BCUT2D eigenvalue weighted by molar-refractivity contribution is -0.335. The van der Waals surface area contributed by atoms with Gasteiger partial charge in [0.05, 0.1) is 37.1 Å². The van der Waals surface area contributed by atoms with Crippen LogP contribution in [0.4, 0.5) is 0 Å². The molecule has 1 aromatic carbocycles. The van der Waals surface area contributed by atoms with Crippen LogP contribution in [0.25, 0.3) is 0 Å². The number of carbonyl (C=O) groups is 1. The molecular weight excluding hydrogens is 592 g/mol. The molecule has 0 N–H and O–H groups in total. The van der Waals surface area contributed by atoms with Gasteiger partial charge in [-0.3, -0.25) is 0 Å². The summed E-state index contributed by atoms with van der Waals surface area (Å²) in [5.41, 5.74) is -0.177. The molecule has 2 heterocycles. The second-order valence-electron chi connectivity index (χ2n) is 14.4. The highest BCUT2D eigenvalue weighted by Gasteiger charge is 2.67. The quantitative estimate of drug-likeness (QED) is 0.0632. The predicted molar refractivity (Wildman–Crippen MR) is 177 cm³/mol. The van der Waals surface area contributed by atoms with Crippen molar-refractivity contribution < 1.29 is 42.4 Å². The second kappa shape index (κ2) is 16.0. The van der Waals surface area contributed by atoms with Gasteiger partial charge in [-0.25, -0.2) is 4.79 Å². The third-order valence-electron chi connectivity index (χ3n) is 10.1. The van der Waals surface area contributed by atoms with E-state index in [4.69, 9.17) is 37.6 Å². The van der Waals surface area contributed by atoms with Crippen LogP contribution in [0.3, 0.4) is 0 Å². The fourth-order valence-electron chi connectivity index (χ4n) is 5.96. The molecular formula is C35H58O9Si. The summed E-state index contributed by atoms with van der Waals surface area (Å²) in [7, 11) is 1.31. The van der Waals surface area contributed by atoms with E-state index >= 15 is 0 Å². The molecule has 0 aliphatic carbocycles. The highest BCUT2D eigenvalue weighted by atomic mass is 28.4. The molecule has 2 aliphatic rings. The third kappa shape index (κ3) is 8.84. The van der Waals surface area contributed by atoms with Crippen LogP contribution in [0.1, 0.15) is 71.2 Å². The average molecular weight is 651 g/mol. The van der Waals surface area contributed by atoms with E-state index in [-0.39, 0.29) is 35.9 Å². The first-order valence-electron chi connectivity index (χ1n) is 16.2. The van der Waals surface area contributed by atoms with Gasteiger partial charge in [0.25, 0.3) is 0 Å².